The Kier molecular flexibility index (Phi) is 7.43. The van der Waals surface area contributed by atoms with Gasteiger partial charge in [0, 0.05) is 33.7 Å². The number of hydrogen-bond acceptors (Lipinski definition) is 13. The van der Waals surface area contributed by atoms with E-state index in [0.717, 1.165) is 27.5 Å². The van der Waals surface area contributed by atoms with Gasteiger partial charge in [-0.25, -0.2) is 24.3 Å². The number of nitrogen functional groups attached to an aromatic ring is 1. The number of aliphatic carboxylic acids is 1. The summed E-state index contributed by atoms with van der Waals surface area (Å²) >= 11 is 4.90. The van der Waals surface area contributed by atoms with Crippen molar-refractivity contribution in [1.82, 2.24) is 29.7 Å². The number of aromatic nitrogens is 5. The molecule has 2 aliphatic rings. The predicted octanol–water partition coefficient (Wildman–Crippen LogP) is 1.53. The van der Waals surface area contributed by atoms with Crippen LogP contribution in [0, 0.1) is 0 Å². The molecule has 0 aromatic carbocycles. The number of oxime groups is 1. The van der Waals surface area contributed by atoms with Gasteiger partial charge >= 0.3 is 5.97 Å². The second kappa shape index (κ2) is 11.2. The highest BCUT2D eigenvalue weighted by Crippen LogP contribution is 2.45. The molecule has 1 fully saturated rings. The van der Waals surface area contributed by atoms with Gasteiger partial charge in [0.2, 0.25) is 0 Å². The molecule has 2 aliphatic heterocycles. The van der Waals surface area contributed by atoms with E-state index in [1.807, 2.05) is 47.7 Å². The molecule has 2 amide bonds. The van der Waals surface area contributed by atoms with E-state index in [-0.39, 0.29) is 22.3 Å². The summed E-state index contributed by atoms with van der Waals surface area (Å²) in [7, 11) is 1.93. The zero-order valence-corrected chi connectivity index (χ0v) is 24.7. The van der Waals surface area contributed by atoms with Crippen LogP contribution in [0.2, 0.25) is 0 Å². The number of pyridine rings is 1. The summed E-state index contributed by atoms with van der Waals surface area (Å²) in [5, 5.41) is 27.7. The van der Waals surface area contributed by atoms with Crippen LogP contribution in [-0.2, 0) is 21.4 Å². The second-order valence-corrected chi connectivity index (χ2v) is 13.2. The summed E-state index contributed by atoms with van der Waals surface area (Å²) in [4.78, 5) is 52.7. The Balaban J connectivity index is 1.17. The molecule has 0 radical (unpaired) electrons. The van der Waals surface area contributed by atoms with Gasteiger partial charge in [0.1, 0.15) is 42.0 Å². The van der Waals surface area contributed by atoms with Gasteiger partial charge in [-0.2, -0.15) is 0 Å². The van der Waals surface area contributed by atoms with E-state index in [1.54, 1.807) is 10.9 Å². The topological polar surface area (TPSA) is 193 Å². The number of thioether (sulfide) groups is 2. The first kappa shape index (κ1) is 27.9. The van der Waals surface area contributed by atoms with E-state index in [2.05, 4.69) is 25.4 Å². The summed E-state index contributed by atoms with van der Waals surface area (Å²) in [6.07, 6.45) is 7.43. The Morgan fingerprint density at radius 2 is 2.12 bits per heavy atom. The van der Waals surface area contributed by atoms with Crippen molar-refractivity contribution in [3.63, 3.8) is 0 Å². The molecule has 18 heteroatoms. The molecular weight excluding hydrogens is 623 g/mol. The van der Waals surface area contributed by atoms with Gasteiger partial charge < -0.3 is 21.4 Å². The number of imidazole rings is 1. The number of aryl methyl sites for hydroxylation is 1. The molecule has 1 saturated heterocycles. The number of carbonyl (C=O) groups excluding carboxylic acids is 2. The Morgan fingerprint density at radius 3 is 2.83 bits per heavy atom. The normalized spacial score (nSPS) is 18.5. The van der Waals surface area contributed by atoms with Crippen LogP contribution in [0.25, 0.3) is 17.1 Å². The number of anilines is 1. The number of carboxylic acid groups (broad SMARTS) is 1. The zero-order valence-electron chi connectivity index (χ0n) is 21.4. The van der Waals surface area contributed by atoms with E-state index in [1.165, 1.54) is 40.2 Å². The predicted molar refractivity (Wildman–Crippen MR) is 156 cm³/mol. The standard InChI is InChI=1S/C24H19N9O5S4/c1-31-4-2-3-11(5-31)12-6-32(10-26-12)15-9-41-24(28-15)42-14-8-39-21-17(20(35)33(21)18(14)22(36)37)29-19(34)16(30-38)13-7-40-23(25)27-13/h2-7,9-10,17,21H,8H2,1H3,(H4-,25,27,29,34,36,37,38)/p+1/t17-,21-/m1/s1. The first-order chi connectivity index (χ1) is 20.2. The SMILES string of the molecule is C[n+]1cccc(-c2cn(-c3csc(SC4=C(C(=O)O)N5C(=O)[C@@H](NC(=O)/C(=N\O)c6csc(N)n6)[C@H]5SC4)n3)cn2)c1. The molecule has 4 aromatic rings. The molecule has 6 rings (SSSR count). The van der Waals surface area contributed by atoms with E-state index in [4.69, 9.17) is 5.73 Å². The lowest BCUT2D eigenvalue weighted by Crippen LogP contribution is -2.71. The van der Waals surface area contributed by atoms with Crippen molar-refractivity contribution in [3.05, 3.63) is 64.1 Å². The molecule has 0 unspecified atom stereocenters. The fourth-order valence-corrected chi connectivity index (χ4v) is 8.32. The highest BCUT2D eigenvalue weighted by atomic mass is 32.2. The third kappa shape index (κ3) is 5.13. The van der Waals surface area contributed by atoms with Crippen LogP contribution in [0.15, 0.2) is 67.9 Å². The Hall–Kier alpha value is -4.26. The monoisotopic (exact) mass is 642 g/mol. The lowest BCUT2D eigenvalue weighted by molar-refractivity contribution is -0.671. The molecule has 2 atom stereocenters. The first-order valence-electron chi connectivity index (χ1n) is 12.0. The van der Waals surface area contributed by atoms with Crippen molar-refractivity contribution in [2.45, 2.75) is 15.8 Å². The summed E-state index contributed by atoms with van der Waals surface area (Å²) in [6, 6.07) is 2.89. The third-order valence-electron chi connectivity index (χ3n) is 6.27. The second-order valence-electron chi connectivity index (χ2n) is 8.96. The number of hydrogen-bond donors (Lipinski definition) is 4. The molecule has 0 bridgehead atoms. The van der Waals surface area contributed by atoms with Crippen LogP contribution in [-0.4, -0.2) is 75.4 Å². The number of nitrogens with one attached hydrogen (secondary N) is 1. The van der Waals surface area contributed by atoms with Crippen LogP contribution >= 0.6 is 46.2 Å². The quantitative estimate of drug-likeness (QED) is 0.0716. The van der Waals surface area contributed by atoms with Gasteiger partial charge in [0.15, 0.2) is 27.6 Å². The highest BCUT2D eigenvalue weighted by molar-refractivity contribution is 8.07. The van der Waals surface area contributed by atoms with Gasteiger partial charge in [-0.15, -0.1) is 34.4 Å². The number of thiazole rings is 2. The number of rotatable bonds is 8. The fourth-order valence-electron chi connectivity index (χ4n) is 4.35. The van der Waals surface area contributed by atoms with Crippen molar-refractivity contribution in [2.75, 3.05) is 11.5 Å². The van der Waals surface area contributed by atoms with Crippen LogP contribution in [0.5, 0.6) is 0 Å². The lowest BCUT2D eigenvalue weighted by atomic mass is 10.0. The summed E-state index contributed by atoms with van der Waals surface area (Å²) < 4.78 is 4.32. The van der Waals surface area contributed by atoms with E-state index < -0.39 is 34.9 Å². The number of fused-ring (bicyclic) bond motifs is 1. The summed E-state index contributed by atoms with van der Waals surface area (Å²) in [5.41, 5.74) is 6.84. The summed E-state index contributed by atoms with van der Waals surface area (Å²) in [5.74, 6) is -1.77. The number of carbonyl (C=O) groups is 3. The smallest absolute Gasteiger partial charge is 0.353 e. The van der Waals surface area contributed by atoms with Crippen LogP contribution in [0.3, 0.4) is 0 Å². The minimum absolute atomic E-state index is 0.0612. The van der Waals surface area contributed by atoms with E-state index in [0.29, 0.717) is 15.1 Å². The molecular formula is C24H20N9O5S4+. The van der Waals surface area contributed by atoms with Gasteiger partial charge in [-0.3, -0.25) is 19.1 Å². The highest BCUT2D eigenvalue weighted by Gasteiger charge is 2.54. The average molecular weight is 643 g/mol. The van der Waals surface area contributed by atoms with E-state index in [9.17, 15) is 24.7 Å². The van der Waals surface area contributed by atoms with Gasteiger partial charge in [0.05, 0.1) is 11.3 Å². The van der Waals surface area contributed by atoms with Crippen molar-refractivity contribution in [3.8, 4) is 17.1 Å². The Morgan fingerprint density at radius 1 is 1.29 bits per heavy atom. The number of amides is 2. The maximum absolute atomic E-state index is 13.1. The number of nitrogens with zero attached hydrogens (tertiary/aromatic N) is 7. The minimum atomic E-state index is -1.26. The van der Waals surface area contributed by atoms with Crippen molar-refractivity contribution in [2.24, 2.45) is 12.2 Å². The molecule has 0 spiro atoms. The van der Waals surface area contributed by atoms with Gasteiger partial charge in [-0.1, -0.05) is 16.9 Å². The van der Waals surface area contributed by atoms with Crippen molar-refractivity contribution in [1.29, 1.82) is 0 Å². The molecule has 214 valence electrons. The molecule has 14 nitrogen and oxygen atoms in total. The van der Waals surface area contributed by atoms with Gasteiger partial charge in [0.25, 0.3) is 11.8 Å². The zero-order chi connectivity index (χ0) is 29.5. The number of β-lactam (4-membered cyclic amide) rings is 1. The van der Waals surface area contributed by atoms with E-state index >= 15 is 0 Å². The van der Waals surface area contributed by atoms with Crippen molar-refractivity contribution < 1.29 is 29.3 Å². The maximum Gasteiger partial charge on any atom is 0.353 e. The molecule has 0 aliphatic carbocycles. The third-order valence-corrected chi connectivity index (χ3v) is 10.4. The van der Waals surface area contributed by atoms with Crippen molar-refractivity contribution >= 4 is 74.8 Å². The number of nitrogens with two attached hydrogens (primary N) is 1. The molecule has 0 saturated carbocycles. The van der Waals surface area contributed by atoms with Crippen LogP contribution < -0.4 is 15.6 Å². The molecule has 5 N–H and O–H groups in total. The van der Waals surface area contributed by atoms with Crippen LogP contribution in [0.4, 0.5) is 5.13 Å². The molecule has 4 aromatic heterocycles. The van der Waals surface area contributed by atoms with Gasteiger partial charge in [-0.05, 0) is 6.07 Å². The Labute approximate surface area is 253 Å². The molecule has 42 heavy (non-hydrogen) atoms. The fraction of sp³-hybridized carbons (Fsp3) is 0.167. The largest absolute Gasteiger partial charge is 0.477 e. The van der Waals surface area contributed by atoms with Crippen LogP contribution in [0.1, 0.15) is 5.69 Å². The Bertz CT molecular complexity index is 1800. The lowest BCUT2D eigenvalue weighted by Gasteiger charge is -2.49. The maximum atomic E-state index is 13.1. The molecule has 6 heterocycles. The minimum Gasteiger partial charge on any atom is -0.477 e. The number of carboxylic acids is 1. The average Bonchev–Trinajstić information content (AvgIpc) is 3.73. The first-order valence-corrected chi connectivity index (χ1v) is 15.6. The summed E-state index contributed by atoms with van der Waals surface area (Å²) in [6.45, 7) is 0.